The van der Waals surface area contributed by atoms with Gasteiger partial charge in [-0.2, -0.15) is 0 Å². The summed E-state index contributed by atoms with van der Waals surface area (Å²) in [6.45, 7) is 0. The van der Waals surface area contributed by atoms with E-state index < -0.39 is 0 Å². The van der Waals surface area contributed by atoms with Crippen LogP contribution in [0.25, 0.3) is 24.3 Å². The number of hydrogen-bond acceptors (Lipinski definition) is 2. The van der Waals surface area contributed by atoms with Crippen molar-refractivity contribution < 1.29 is 9.59 Å². The first-order valence-electron chi connectivity index (χ1n) is 11.8. The quantitative estimate of drug-likeness (QED) is 0.187. The second-order valence-electron chi connectivity index (χ2n) is 8.15. The van der Waals surface area contributed by atoms with E-state index >= 15 is 0 Å². The maximum Gasteiger partial charge on any atom is 0.186 e. The summed E-state index contributed by atoms with van der Waals surface area (Å²) in [5, 5.41) is 0. The van der Waals surface area contributed by atoms with Crippen LogP contribution in [0.2, 0.25) is 0 Å². The molecule has 0 aliphatic heterocycles. The predicted octanol–water partition coefficient (Wildman–Crippen LogP) is 7.72. The van der Waals surface area contributed by atoms with Crippen molar-refractivity contribution in [1.82, 2.24) is 0 Å². The molecule has 0 N–H and O–H groups in total. The number of rotatable bonds is 9. The van der Waals surface area contributed by atoms with Crippen molar-refractivity contribution in [2.24, 2.45) is 0 Å². The van der Waals surface area contributed by atoms with Crippen LogP contribution in [0, 0.1) is 0 Å². The molecule has 0 aromatic heterocycles. The minimum absolute atomic E-state index is 0.244. The summed E-state index contributed by atoms with van der Waals surface area (Å²) >= 11 is 0. The van der Waals surface area contributed by atoms with Crippen molar-refractivity contribution in [1.29, 1.82) is 0 Å². The van der Waals surface area contributed by atoms with E-state index in [-0.39, 0.29) is 11.6 Å². The molecule has 174 valence electrons. The zero-order valence-electron chi connectivity index (χ0n) is 19.8. The minimum atomic E-state index is -0.244. The average Bonchev–Trinajstić information content (AvgIpc) is 2.94. The van der Waals surface area contributed by atoms with Gasteiger partial charge in [-0.25, -0.2) is 0 Å². The van der Waals surface area contributed by atoms with Crippen molar-refractivity contribution >= 4 is 35.9 Å². The van der Waals surface area contributed by atoms with Crippen molar-refractivity contribution in [3.05, 3.63) is 167 Å². The highest BCUT2D eigenvalue weighted by Crippen LogP contribution is 2.22. The molecule has 0 saturated heterocycles. The molecule has 0 saturated carbocycles. The molecule has 0 spiro atoms. The van der Waals surface area contributed by atoms with Crippen LogP contribution in [0.15, 0.2) is 145 Å². The van der Waals surface area contributed by atoms with Gasteiger partial charge < -0.3 is 0 Å². The standard InChI is InChI=1S/C34H26O2/c35-33(23-21-27-13-5-1-6-14-27)31(25-29-17-9-3-10-18-29)32(26-30-19-11-4-12-20-30)34(36)24-22-28-15-7-2-8-16-28/h1-26H. The Balaban J connectivity index is 1.79. The molecule has 0 amide bonds. The zero-order chi connectivity index (χ0) is 25.0. The second kappa shape index (κ2) is 12.6. The van der Waals surface area contributed by atoms with E-state index in [0.717, 1.165) is 22.3 Å². The first-order valence-corrected chi connectivity index (χ1v) is 11.8. The first kappa shape index (κ1) is 24.3. The maximum absolute atomic E-state index is 13.6. The fraction of sp³-hybridized carbons (Fsp3) is 0. The molecule has 0 heterocycles. The zero-order valence-corrected chi connectivity index (χ0v) is 19.8. The highest BCUT2D eigenvalue weighted by atomic mass is 16.1. The van der Waals surface area contributed by atoms with Crippen LogP contribution in [-0.2, 0) is 9.59 Å². The highest BCUT2D eigenvalue weighted by Gasteiger charge is 2.18. The molecule has 0 unspecified atom stereocenters. The van der Waals surface area contributed by atoms with Crippen molar-refractivity contribution in [2.45, 2.75) is 0 Å². The summed E-state index contributed by atoms with van der Waals surface area (Å²) in [5.74, 6) is -0.488. The third kappa shape index (κ3) is 7.09. The minimum Gasteiger partial charge on any atom is -0.289 e. The molecule has 0 fully saturated rings. The van der Waals surface area contributed by atoms with E-state index in [1.54, 1.807) is 24.3 Å². The molecule has 4 aromatic carbocycles. The van der Waals surface area contributed by atoms with Gasteiger partial charge in [0.15, 0.2) is 11.6 Å². The first-order chi connectivity index (χ1) is 17.7. The molecule has 0 atom stereocenters. The number of hydrogen-bond donors (Lipinski definition) is 0. The van der Waals surface area contributed by atoms with E-state index in [1.807, 2.05) is 121 Å². The Morgan fingerprint density at radius 2 is 0.667 bits per heavy atom. The lowest BCUT2D eigenvalue weighted by Gasteiger charge is -2.09. The second-order valence-corrected chi connectivity index (χ2v) is 8.15. The Hall–Kier alpha value is -4.82. The van der Waals surface area contributed by atoms with Crippen LogP contribution in [0.3, 0.4) is 0 Å². The van der Waals surface area contributed by atoms with Gasteiger partial charge in [0.2, 0.25) is 0 Å². The molecular formula is C34H26O2. The summed E-state index contributed by atoms with van der Waals surface area (Å²) in [6.07, 6.45) is 10.1. The van der Waals surface area contributed by atoms with E-state index in [1.165, 1.54) is 12.2 Å². The monoisotopic (exact) mass is 466 g/mol. The number of ketones is 2. The van der Waals surface area contributed by atoms with Crippen LogP contribution in [0.1, 0.15) is 22.3 Å². The molecule has 2 heteroatoms. The molecule has 2 nitrogen and oxygen atoms in total. The highest BCUT2D eigenvalue weighted by molar-refractivity contribution is 6.24. The molecule has 4 aromatic rings. The van der Waals surface area contributed by atoms with Gasteiger partial charge in [-0.1, -0.05) is 133 Å². The molecule has 4 rings (SSSR count). The smallest absolute Gasteiger partial charge is 0.186 e. The fourth-order valence-corrected chi connectivity index (χ4v) is 3.65. The number of benzene rings is 4. The molecule has 0 radical (unpaired) electrons. The van der Waals surface area contributed by atoms with Gasteiger partial charge in [0.25, 0.3) is 0 Å². The lowest BCUT2D eigenvalue weighted by Crippen LogP contribution is -2.09. The van der Waals surface area contributed by atoms with E-state index in [0.29, 0.717) is 11.1 Å². The summed E-state index contributed by atoms with van der Waals surface area (Å²) in [6, 6.07) is 38.4. The Kier molecular flexibility index (Phi) is 8.50. The predicted molar refractivity (Wildman–Crippen MR) is 150 cm³/mol. The summed E-state index contributed by atoms with van der Waals surface area (Å²) in [4.78, 5) is 27.1. The average molecular weight is 467 g/mol. The van der Waals surface area contributed by atoms with Crippen LogP contribution >= 0.6 is 0 Å². The van der Waals surface area contributed by atoms with E-state index in [4.69, 9.17) is 0 Å². The largest absolute Gasteiger partial charge is 0.289 e. The summed E-state index contributed by atoms with van der Waals surface area (Å²) in [5.41, 5.74) is 4.17. The van der Waals surface area contributed by atoms with Gasteiger partial charge in [0, 0.05) is 11.1 Å². The van der Waals surface area contributed by atoms with Crippen molar-refractivity contribution in [3.8, 4) is 0 Å². The van der Waals surface area contributed by atoms with Crippen molar-refractivity contribution in [2.75, 3.05) is 0 Å². The molecule has 0 aliphatic rings. The summed E-state index contributed by atoms with van der Waals surface area (Å²) < 4.78 is 0. The van der Waals surface area contributed by atoms with E-state index in [2.05, 4.69) is 0 Å². The van der Waals surface area contributed by atoms with Gasteiger partial charge in [-0.05, 0) is 46.6 Å². The number of carbonyl (C=O) groups is 2. The van der Waals surface area contributed by atoms with Gasteiger partial charge in [-0.3, -0.25) is 9.59 Å². The SMILES string of the molecule is O=C(C=Cc1ccccc1)C(=Cc1ccccc1)C(=Cc1ccccc1)C(=O)C=Cc1ccccc1. The molecular weight excluding hydrogens is 440 g/mol. The van der Waals surface area contributed by atoms with Crippen molar-refractivity contribution in [3.63, 3.8) is 0 Å². The van der Waals surface area contributed by atoms with Crippen LogP contribution in [0.4, 0.5) is 0 Å². The van der Waals surface area contributed by atoms with E-state index in [9.17, 15) is 9.59 Å². The Morgan fingerprint density at radius 1 is 0.389 bits per heavy atom. The third-order valence-corrected chi connectivity index (χ3v) is 5.50. The molecule has 0 aliphatic carbocycles. The van der Waals surface area contributed by atoms with Gasteiger partial charge in [0.05, 0.1) is 0 Å². The van der Waals surface area contributed by atoms with Gasteiger partial charge in [-0.15, -0.1) is 0 Å². The van der Waals surface area contributed by atoms with Crippen LogP contribution in [-0.4, -0.2) is 11.6 Å². The lowest BCUT2D eigenvalue weighted by molar-refractivity contribution is -0.113. The van der Waals surface area contributed by atoms with Crippen LogP contribution < -0.4 is 0 Å². The number of allylic oxidation sites excluding steroid dienone is 4. The van der Waals surface area contributed by atoms with Gasteiger partial charge >= 0.3 is 0 Å². The van der Waals surface area contributed by atoms with Crippen LogP contribution in [0.5, 0.6) is 0 Å². The van der Waals surface area contributed by atoms with Gasteiger partial charge in [0.1, 0.15) is 0 Å². The normalized spacial score (nSPS) is 12.2. The summed E-state index contributed by atoms with van der Waals surface area (Å²) in [7, 11) is 0. The molecule has 36 heavy (non-hydrogen) atoms. The Bertz CT molecular complexity index is 1300. The number of carbonyl (C=O) groups excluding carboxylic acids is 2. The third-order valence-electron chi connectivity index (χ3n) is 5.50. The lowest BCUT2D eigenvalue weighted by atomic mass is 9.92. The molecule has 0 bridgehead atoms. The Labute approximate surface area is 212 Å². The fourth-order valence-electron chi connectivity index (χ4n) is 3.65. The Morgan fingerprint density at radius 3 is 0.972 bits per heavy atom. The topological polar surface area (TPSA) is 34.1 Å². The maximum atomic E-state index is 13.6.